The summed E-state index contributed by atoms with van der Waals surface area (Å²) in [5, 5.41) is 7.85. The number of pyridine rings is 2. The molecular weight excluding hydrogens is 370 g/mol. The van der Waals surface area contributed by atoms with E-state index in [1.165, 1.54) is 6.42 Å². The third kappa shape index (κ3) is 4.07. The molecule has 1 saturated carbocycles. The lowest BCUT2D eigenvalue weighted by atomic mass is 9.94. The average molecular weight is 397 g/mol. The van der Waals surface area contributed by atoms with Gasteiger partial charge in [-0.05, 0) is 31.9 Å². The summed E-state index contributed by atoms with van der Waals surface area (Å²) in [6, 6.07) is 5.60. The van der Waals surface area contributed by atoms with Crippen LogP contribution in [0.15, 0.2) is 29.2 Å². The minimum absolute atomic E-state index is 0.0566. The molecule has 1 fully saturated rings. The molecule has 3 N–H and O–H groups in total. The van der Waals surface area contributed by atoms with Crippen molar-refractivity contribution < 1.29 is 9.84 Å². The molecule has 0 atom stereocenters. The van der Waals surface area contributed by atoms with Crippen molar-refractivity contribution in [3.63, 3.8) is 0 Å². The van der Waals surface area contributed by atoms with E-state index in [0.29, 0.717) is 17.1 Å². The number of methoxy groups -OCH3 is 1. The second-order valence-corrected chi connectivity index (χ2v) is 7.02. The number of hydrogen-bond acceptors (Lipinski definition) is 7. The number of aromatic nitrogens is 4. The summed E-state index contributed by atoms with van der Waals surface area (Å²) in [5.74, 6) is 0.710. The Morgan fingerprint density at radius 2 is 1.90 bits per heavy atom. The maximum atomic E-state index is 13.5. The number of fused-ring (bicyclic) bond motifs is 1. The normalized spacial score (nSPS) is 14.3. The molecule has 0 amide bonds. The molecule has 8 nitrogen and oxygen atoms in total. The van der Waals surface area contributed by atoms with Gasteiger partial charge in [0.15, 0.2) is 0 Å². The highest BCUT2D eigenvalue weighted by Gasteiger charge is 2.23. The molecule has 0 saturated heterocycles. The van der Waals surface area contributed by atoms with Gasteiger partial charge in [-0.1, -0.05) is 19.3 Å². The molecule has 4 rings (SSSR count). The van der Waals surface area contributed by atoms with Crippen LogP contribution in [0.25, 0.3) is 22.2 Å². The van der Waals surface area contributed by atoms with E-state index in [1.807, 2.05) is 23.6 Å². The molecule has 0 aliphatic heterocycles. The average Bonchev–Trinajstić information content (AvgIpc) is 2.75. The number of hydrogen-bond donors (Lipinski definition) is 2. The van der Waals surface area contributed by atoms with E-state index < -0.39 is 0 Å². The second kappa shape index (κ2) is 9.00. The van der Waals surface area contributed by atoms with Gasteiger partial charge in [-0.25, -0.2) is 9.97 Å². The third-order valence-corrected chi connectivity index (χ3v) is 5.30. The van der Waals surface area contributed by atoms with Gasteiger partial charge in [-0.3, -0.25) is 9.36 Å². The maximum Gasteiger partial charge on any atom is 0.260 e. The Labute approximate surface area is 169 Å². The first-order valence-corrected chi connectivity index (χ1v) is 9.73. The fourth-order valence-electron chi connectivity index (χ4n) is 3.92. The highest BCUT2D eigenvalue weighted by atomic mass is 16.5. The molecule has 3 aromatic heterocycles. The van der Waals surface area contributed by atoms with Crippen molar-refractivity contribution in [2.75, 3.05) is 20.0 Å². The number of rotatable bonds is 3. The number of nitrogen functional groups attached to an aromatic ring is 1. The number of nitrogens with zero attached hydrogens (tertiary/aromatic N) is 4. The Kier molecular flexibility index (Phi) is 6.43. The van der Waals surface area contributed by atoms with Crippen LogP contribution in [0.2, 0.25) is 0 Å². The monoisotopic (exact) mass is 397 g/mol. The molecule has 0 spiro atoms. The first kappa shape index (κ1) is 20.7. The first-order valence-electron chi connectivity index (χ1n) is 9.73. The van der Waals surface area contributed by atoms with E-state index in [4.69, 9.17) is 15.6 Å². The van der Waals surface area contributed by atoms with Crippen molar-refractivity contribution in [3.8, 4) is 17.0 Å². The van der Waals surface area contributed by atoms with Gasteiger partial charge in [0.05, 0.1) is 12.8 Å². The van der Waals surface area contributed by atoms with E-state index in [2.05, 4.69) is 15.0 Å². The summed E-state index contributed by atoms with van der Waals surface area (Å²) in [5.41, 5.74) is 8.58. The summed E-state index contributed by atoms with van der Waals surface area (Å²) >= 11 is 0. The molecule has 29 heavy (non-hydrogen) atoms. The van der Waals surface area contributed by atoms with Crippen LogP contribution >= 0.6 is 0 Å². The molecule has 3 heterocycles. The molecule has 1 aliphatic rings. The van der Waals surface area contributed by atoms with E-state index in [9.17, 15) is 4.79 Å². The Balaban J connectivity index is 0.00000117. The van der Waals surface area contributed by atoms with Crippen LogP contribution in [0.1, 0.15) is 43.8 Å². The number of aryl methyl sites for hydroxylation is 1. The number of aliphatic hydroxyl groups excluding tert-OH is 1. The number of ether oxygens (including phenoxy) is 1. The molecule has 0 unspecified atom stereocenters. The van der Waals surface area contributed by atoms with Gasteiger partial charge in [0.2, 0.25) is 11.8 Å². The summed E-state index contributed by atoms with van der Waals surface area (Å²) in [6.07, 6.45) is 7.06. The zero-order valence-electron chi connectivity index (χ0n) is 17.1. The van der Waals surface area contributed by atoms with Crippen molar-refractivity contribution in [1.29, 1.82) is 0 Å². The summed E-state index contributed by atoms with van der Waals surface area (Å²) < 4.78 is 6.96. The van der Waals surface area contributed by atoms with Gasteiger partial charge in [0, 0.05) is 41.9 Å². The predicted molar refractivity (Wildman–Crippen MR) is 113 cm³/mol. The standard InChI is InChI=1S/C20H23N5O2.CH4O/c1-12-15-10-16(13-8-9-17(27-2)22-11-13)19(26)25(14-6-4-3-5-7-14)18(15)24-20(21)23-12;1-2/h8-11,14H,3-7H2,1-2H3,(H2,21,23,24);2H,1H3. The van der Waals surface area contributed by atoms with Gasteiger partial charge in [-0.2, -0.15) is 4.98 Å². The summed E-state index contributed by atoms with van der Waals surface area (Å²) in [6.45, 7) is 1.89. The number of aliphatic hydroxyl groups is 1. The van der Waals surface area contributed by atoms with Crippen molar-refractivity contribution in [3.05, 3.63) is 40.4 Å². The smallest absolute Gasteiger partial charge is 0.260 e. The van der Waals surface area contributed by atoms with E-state index in [0.717, 1.165) is 49.4 Å². The van der Waals surface area contributed by atoms with Gasteiger partial charge in [0.1, 0.15) is 5.65 Å². The van der Waals surface area contributed by atoms with Crippen LogP contribution in [-0.4, -0.2) is 38.8 Å². The van der Waals surface area contributed by atoms with E-state index >= 15 is 0 Å². The SMILES string of the molecule is CO.COc1ccc(-c2cc3c(C)nc(N)nc3n(C3CCCCC3)c2=O)cn1. The molecule has 0 radical (unpaired) electrons. The van der Waals surface area contributed by atoms with Crippen molar-refractivity contribution in [1.82, 2.24) is 19.5 Å². The Morgan fingerprint density at radius 3 is 2.52 bits per heavy atom. The highest BCUT2D eigenvalue weighted by Crippen LogP contribution is 2.31. The maximum absolute atomic E-state index is 13.5. The Bertz CT molecular complexity index is 1040. The quantitative estimate of drug-likeness (QED) is 0.698. The number of nitrogens with two attached hydrogens (primary N) is 1. The van der Waals surface area contributed by atoms with E-state index in [-0.39, 0.29) is 17.5 Å². The molecule has 8 heteroatoms. The molecule has 154 valence electrons. The van der Waals surface area contributed by atoms with Gasteiger partial charge < -0.3 is 15.6 Å². The largest absolute Gasteiger partial charge is 0.481 e. The fourth-order valence-corrected chi connectivity index (χ4v) is 3.92. The minimum atomic E-state index is -0.0566. The third-order valence-electron chi connectivity index (χ3n) is 5.30. The zero-order chi connectivity index (χ0) is 21.0. The molecule has 3 aromatic rings. The van der Waals surface area contributed by atoms with Gasteiger partial charge in [-0.15, -0.1) is 0 Å². The van der Waals surface area contributed by atoms with Crippen molar-refractivity contribution >= 4 is 17.0 Å². The van der Waals surface area contributed by atoms with Gasteiger partial charge >= 0.3 is 0 Å². The van der Waals surface area contributed by atoms with Crippen LogP contribution in [0.4, 0.5) is 5.95 Å². The van der Waals surface area contributed by atoms with Crippen LogP contribution in [0.5, 0.6) is 5.88 Å². The summed E-state index contributed by atoms with van der Waals surface area (Å²) in [7, 11) is 2.57. The van der Waals surface area contributed by atoms with Crippen molar-refractivity contribution in [2.45, 2.75) is 45.1 Å². The first-order chi connectivity index (χ1) is 14.1. The fraction of sp³-hybridized carbons (Fsp3) is 0.429. The molecule has 1 aliphatic carbocycles. The van der Waals surface area contributed by atoms with Gasteiger partial charge in [0.25, 0.3) is 5.56 Å². The molecule has 0 aromatic carbocycles. The second-order valence-electron chi connectivity index (χ2n) is 7.02. The highest BCUT2D eigenvalue weighted by molar-refractivity contribution is 5.84. The summed E-state index contributed by atoms with van der Waals surface area (Å²) in [4.78, 5) is 26.4. The lowest BCUT2D eigenvalue weighted by Crippen LogP contribution is -2.29. The lowest BCUT2D eigenvalue weighted by Gasteiger charge is -2.26. The van der Waals surface area contributed by atoms with Crippen LogP contribution in [-0.2, 0) is 0 Å². The molecular formula is C21H27N5O3. The zero-order valence-corrected chi connectivity index (χ0v) is 17.1. The topological polar surface area (TPSA) is 116 Å². The van der Waals surface area contributed by atoms with E-state index in [1.54, 1.807) is 19.4 Å². The van der Waals surface area contributed by atoms with Crippen LogP contribution in [0.3, 0.4) is 0 Å². The lowest BCUT2D eigenvalue weighted by molar-refractivity contribution is 0.353. The molecule has 0 bridgehead atoms. The van der Waals surface area contributed by atoms with Crippen LogP contribution in [0, 0.1) is 6.92 Å². The predicted octanol–water partition coefficient (Wildman–Crippen LogP) is 2.87. The minimum Gasteiger partial charge on any atom is -0.481 e. The number of anilines is 1. The Morgan fingerprint density at radius 1 is 1.17 bits per heavy atom. The van der Waals surface area contributed by atoms with Crippen molar-refractivity contribution in [2.24, 2.45) is 0 Å². The Hall–Kier alpha value is -3.00. The van der Waals surface area contributed by atoms with Crippen LogP contribution < -0.4 is 16.0 Å².